The summed E-state index contributed by atoms with van der Waals surface area (Å²) in [6.45, 7) is 8.91. The Kier molecular flexibility index (Phi) is 42.2. The minimum atomic E-state index is -1.43. The van der Waals surface area contributed by atoms with E-state index in [0.717, 1.165) is 43.5 Å². The van der Waals surface area contributed by atoms with Crippen LogP contribution in [0.4, 0.5) is 54.3 Å². The Hall–Kier alpha value is -13.9. The van der Waals surface area contributed by atoms with Gasteiger partial charge in [-0.1, -0.05) is 54.6 Å². The topological polar surface area (TPSA) is 428 Å². The van der Waals surface area contributed by atoms with Crippen molar-refractivity contribution in [3.63, 3.8) is 0 Å². The van der Waals surface area contributed by atoms with Gasteiger partial charge in [0.2, 0.25) is 0 Å². The first-order valence-electron chi connectivity index (χ1n) is 38.8. The lowest BCUT2D eigenvalue weighted by Crippen LogP contribution is -2.19. The summed E-state index contributed by atoms with van der Waals surface area (Å²) < 4.78 is 150. The standard InChI is InChI=1S/C27H22F2O7S.C23H22F2O7S.2C21H18F2O7S/c1-16(23(30)10-12-25(31)32)37-27(34)36-24-11-7-18(20-9-8-19(28)14-22(20)29)13-21(24)26(33)35-15-17-5-3-2-4-6-17;1-12(2)31-22(29)17-10-14(16-6-5-15(24)11-18(16)25)4-8-20(17)32-23(30)33-13(3)19(26)7-9-21(27)28;1-11(17(24)6-8-19(25)29-2)31-21(28)30-18-7-3-12(9-15(18)20(26)27)14-5-4-13(22)10-16(14)23;1-11(17(24)6-8-19(25)26)31-21(28)30-18-7-3-12(9-15(18)20(27)29-2)14-5-4-13(22)10-16(14)23/h2-9,11,13-14,16H,10,12,15H2,1H3,(H,31,32);4-6,8,10-13H,7,9H2,1-3H3,(H,27,28);3-5,7,9-11H,6,8H2,1-2H3,(H,26,27);3-5,7,9-11H,6,8H2,1-2H3,(H,25,26). The van der Waals surface area contributed by atoms with Crippen molar-refractivity contribution in [1.82, 2.24) is 0 Å². The van der Waals surface area contributed by atoms with Crippen molar-refractivity contribution in [2.45, 2.75) is 127 Å². The van der Waals surface area contributed by atoms with Gasteiger partial charge in [0.15, 0.2) is 0 Å². The van der Waals surface area contributed by atoms with Gasteiger partial charge in [0.05, 0.1) is 67.0 Å². The van der Waals surface area contributed by atoms with Gasteiger partial charge in [0.25, 0.3) is 0 Å². The summed E-state index contributed by atoms with van der Waals surface area (Å²) in [5.41, 5.74) is 0.625. The van der Waals surface area contributed by atoms with Gasteiger partial charge in [0, 0.05) is 72.2 Å². The monoisotopic (exact) mass is 1910 g/mol. The maximum absolute atomic E-state index is 14.4. The van der Waals surface area contributed by atoms with Gasteiger partial charge in [-0.3, -0.25) is 38.4 Å². The number of hydrogen-bond acceptors (Lipinski definition) is 28. The van der Waals surface area contributed by atoms with Gasteiger partial charge in [-0.2, -0.15) is 0 Å². The molecule has 0 aromatic heterocycles. The third-order valence-corrected chi connectivity index (χ3v) is 21.3. The fraction of sp³-hybridized carbons (Fsp3) is 0.239. The summed E-state index contributed by atoms with van der Waals surface area (Å²) in [5, 5.41) is 28.4. The SMILES string of the molecule is CC(C)OC(=O)c1cc(-c2ccc(F)cc2F)ccc1OC(=O)SC(C)C(=O)CCC(=O)O.CC(SC(=O)Oc1ccc(-c2ccc(F)cc2F)cc1C(=O)OCc1ccccc1)C(=O)CCC(=O)O.COC(=O)CCC(=O)C(C)SC(=O)Oc1ccc(-c2ccc(F)cc2F)cc1C(=O)O.COC(=O)c1cc(-c2ccc(F)cc2F)ccc1OC(=O)SC(C)C(=O)CCC(=O)O. The van der Waals surface area contributed by atoms with E-state index >= 15 is 0 Å². The van der Waals surface area contributed by atoms with Crippen LogP contribution in [0, 0.1) is 46.5 Å². The van der Waals surface area contributed by atoms with E-state index in [1.807, 2.05) is 0 Å². The van der Waals surface area contributed by atoms with Crippen LogP contribution >= 0.6 is 47.0 Å². The maximum atomic E-state index is 14.4. The molecule has 0 heterocycles. The molecule has 0 aliphatic carbocycles. The first kappa shape index (κ1) is 107. The largest absolute Gasteiger partial charge is 0.481 e. The Morgan fingerprint density at radius 3 is 0.864 bits per heavy atom. The number of methoxy groups -OCH3 is 2. The van der Waals surface area contributed by atoms with Gasteiger partial charge in [-0.25, -0.2) is 73.5 Å². The molecule has 4 N–H and O–H groups in total. The van der Waals surface area contributed by atoms with E-state index in [1.54, 1.807) is 44.2 Å². The number of halogens is 8. The number of rotatable bonds is 35. The Balaban J connectivity index is 0.000000272. The lowest BCUT2D eigenvalue weighted by molar-refractivity contribution is -0.142. The number of thioether (sulfide) groups is 4. The summed E-state index contributed by atoms with van der Waals surface area (Å²) in [6.07, 6.45) is -2.52. The second kappa shape index (κ2) is 52.1. The summed E-state index contributed by atoms with van der Waals surface area (Å²) in [5.74, 6) is -17.0. The van der Waals surface area contributed by atoms with Crippen molar-refractivity contribution >= 4 is 139 Å². The number of ketones is 4. The quantitative estimate of drug-likeness (QED) is 0.0163. The Bertz CT molecular complexity index is 5820. The normalized spacial score (nSPS) is 11.5. The average Bonchev–Trinajstić information content (AvgIpc) is 0.823. The number of benzene rings is 9. The van der Waals surface area contributed by atoms with E-state index in [0.29, 0.717) is 76.9 Å². The third-order valence-electron chi connectivity index (χ3n) is 17.8. The van der Waals surface area contributed by atoms with Crippen molar-refractivity contribution in [3.8, 4) is 67.5 Å². The Morgan fingerprint density at radius 1 is 0.311 bits per heavy atom. The van der Waals surface area contributed by atoms with Gasteiger partial charge < -0.3 is 58.3 Å². The first-order chi connectivity index (χ1) is 62.3. The zero-order chi connectivity index (χ0) is 97.9. The van der Waals surface area contributed by atoms with Crippen LogP contribution in [0.1, 0.15) is 140 Å². The van der Waals surface area contributed by atoms with Crippen LogP contribution in [-0.2, 0) is 63.9 Å². The molecular weight excluding hydrogens is 1830 g/mol. The van der Waals surface area contributed by atoms with Gasteiger partial charge >= 0.3 is 69.0 Å². The molecule has 40 heteroatoms. The molecule has 9 aromatic carbocycles. The highest BCUT2D eigenvalue weighted by molar-refractivity contribution is 8.15. The molecule has 9 aromatic rings. The molecule has 0 aliphatic heterocycles. The molecule has 4 atom stereocenters. The predicted octanol–water partition coefficient (Wildman–Crippen LogP) is 20.2. The second-order valence-electron chi connectivity index (χ2n) is 27.7. The Labute approximate surface area is 763 Å². The smallest absolute Gasteiger partial charge is 0.373 e. The van der Waals surface area contributed by atoms with Gasteiger partial charge in [-0.15, -0.1) is 0 Å². The summed E-state index contributed by atoms with van der Waals surface area (Å²) >= 11 is 2.13. The summed E-state index contributed by atoms with van der Waals surface area (Å²) in [6, 6.07) is 35.9. The highest BCUT2D eigenvalue weighted by Gasteiger charge is 2.30. The van der Waals surface area contributed by atoms with Crippen molar-refractivity contribution in [1.29, 1.82) is 0 Å². The zero-order valence-electron chi connectivity index (χ0n) is 70.7. The fourth-order valence-electron chi connectivity index (χ4n) is 11.0. The number of Topliss-reactive ketones (excluding diaryl/α,β-unsaturated/α-hetero) is 4. The summed E-state index contributed by atoms with van der Waals surface area (Å²) in [4.78, 5) is 189. The fourth-order valence-corrected chi connectivity index (χ4v) is 13.7. The second-order valence-corrected chi connectivity index (χ2v) is 32.8. The maximum Gasteiger partial charge on any atom is 0.373 e. The van der Waals surface area contributed by atoms with E-state index in [9.17, 15) is 117 Å². The lowest BCUT2D eigenvalue weighted by Gasteiger charge is -2.14. The van der Waals surface area contributed by atoms with E-state index in [2.05, 4.69) is 9.47 Å². The molecular formula is C92H80F8O28S4. The number of aliphatic carboxylic acids is 3. The van der Waals surface area contributed by atoms with E-state index in [4.69, 9.17) is 43.7 Å². The number of carboxylic acids is 4. The van der Waals surface area contributed by atoms with Crippen molar-refractivity contribution in [2.75, 3.05) is 14.2 Å². The van der Waals surface area contributed by atoms with Crippen LogP contribution < -0.4 is 18.9 Å². The first-order valence-corrected chi connectivity index (χ1v) is 42.4. The van der Waals surface area contributed by atoms with Crippen LogP contribution in [0.2, 0.25) is 0 Å². The number of esters is 4. The molecule has 0 amide bonds. The van der Waals surface area contributed by atoms with Crippen molar-refractivity contribution in [2.24, 2.45) is 0 Å². The molecule has 0 radical (unpaired) electrons. The van der Waals surface area contributed by atoms with Crippen LogP contribution in [0.3, 0.4) is 0 Å². The van der Waals surface area contributed by atoms with E-state index in [1.165, 1.54) is 120 Å². The summed E-state index contributed by atoms with van der Waals surface area (Å²) in [7, 11) is 2.30. The van der Waals surface area contributed by atoms with Crippen LogP contribution in [-0.4, -0.2) is 154 Å². The Morgan fingerprint density at radius 2 is 0.591 bits per heavy atom. The molecule has 4 unspecified atom stereocenters. The van der Waals surface area contributed by atoms with Crippen LogP contribution in [0.5, 0.6) is 23.0 Å². The molecule has 0 saturated heterocycles. The molecule has 0 saturated carbocycles. The zero-order valence-corrected chi connectivity index (χ0v) is 74.0. The molecule has 9 rings (SSSR count). The van der Waals surface area contributed by atoms with Crippen molar-refractivity contribution in [3.05, 3.63) is 250 Å². The number of aromatic carboxylic acids is 1. The number of ether oxygens (including phenoxy) is 8. The lowest BCUT2D eigenvalue weighted by atomic mass is 10.0. The number of hydrogen-bond donors (Lipinski definition) is 4. The molecule has 0 aliphatic rings. The van der Waals surface area contributed by atoms with Gasteiger partial charge in [-0.05, 0) is 213 Å². The molecule has 28 nitrogen and oxygen atoms in total. The molecule has 0 spiro atoms. The number of carbonyl (C=O) groups excluding carboxylic acids is 12. The molecule has 0 bridgehead atoms. The van der Waals surface area contributed by atoms with Crippen molar-refractivity contribution < 1.29 is 170 Å². The number of carbonyl (C=O) groups is 16. The van der Waals surface area contributed by atoms with Gasteiger partial charge in [0.1, 0.15) is 122 Å². The van der Waals surface area contributed by atoms with Crippen LogP contribution in [0.15, 0.2) is 176 Å². The van der Waals surface area contributed by atoms with E-state index in [-0.39, 0.29) is 148 Å². The molecule has 132 heavy (non-hydrogen) atoms. The molecule has 0 fully saturated rings. The number of carboxylic acid groups (broad SMARTS) is 4. The highest BCUT2D eigenvalue weighted by atomic mass is 32.2. The minimum Gasteiger partial charge on any atom is -0.481 e. The van der Waals surface area contributed by atoms with Crippen LogP contribution in [0.25, 0.3) is 44.5 Å². The average molecular weight is 1910 g/mol. The minimum absolute atomic E-state index is 0.0170. The predicted molar refractivity (Wildman–Crippen MR) is 466 cm³/mol. The third kappa shape index (κ3) is 34.5. The highest BCUT2D eigenvalue weighted by Crippen LogP contribution is 2.37. The van der Waals surface area contributed by atoms with E-state index < -0.39 is 166 Å². The molecule has 696 valence electrons.